The van der Waals surface area contributed by atoms with Crippen molar-refractivity contribution in [3.05, 3.63) is 109 Å². The molecule has 0 bridgehead atoms. The average molecular weight is 1530 g/mol. The SMILES string of the molecule is CC/C=C\C/C=C\C/C=C\C/C=C\C/C=C\C/C=C\C/C=C\C/C=C\CCCCCCCCCCC(=O)NC(COC1OC(CO)C(OC2OC(CO)C(OC3OC(CO)C(O)C(O)C3O)C(O)C2O)C(O)C1O)C(O)/C=C/CCCCCCCCCCCCCCCCCCCCCCCCCCCCCC. The zero-order chi connectivity index (χ0) is 78.1. The topological polar surface area (TPSA) is 307 Å². The normalized spacial score (nSPS) is 26.0. The average Bonchev–Trinajstić information content (AvgIpc) is 0.779. The molecule has 19 nitrogen and oxygen atoms in total. The highest BCUT2D eigenvalue weighted by Gasteiger charge is 2.54. The molecule has 0 aromatic heterocycles. The van der Waals surface area contributed by atoms with Gasteiger partial charge in [0.1, 0.15) is 73.2 Å². The van der Waals surface area contributed by atoms with Gasteiger partial charge in [-0.1, -0.05) is 335 Å². The van der Waals surface area contributed by atoms with Gasteiger partial charge in [0.25, 0.3) is 0 Å². The molecule has 3 rings (SSSR count). The standard InChI is InChI=1S/C89H155NO18/c1-3-5-7-9-11-13-15-17-19-21-23-25-27-29-31-33-35-36-37-39-41-43-45-47-49-51-53-55-57-59-61-63-65-67-77(95)90-72(73(94)66-64-62-60-58-56-54-52-50-48-46-44-42-40-38-34-32-30-28-26-24-22-20-18-16-14-12-10-8-6-4-2)71-103-87-83(101)80(98)85(75(69-92)105-87)108-89-84(102)81(99)86(76(70-93)106-89)107-88-82(100)79(97)78(96)74(68-91)104-88/h5,7,11,13,17,19,23,25,29,31,35-36,39,41,45,47,64,66,72-76,78-89,91-94,96-102H,3-4,6,8-10,12,14-16,18,20-22,24,26-28,30,32-34,37-38,40,42-44,46,48-63,65,67-71H2,1-2H3,(H,90,95)/b7-5-,13-11-,19-17-,25-23-,31-29-,36-35-,41-39-,47-45-,66-64+. The molecule has 1 amide bonds. The predicted molar refractivity (Wildman–Crippen MR) is 434 cm³/mol. The minimum absolute atomic E-state index is 0.227. The number of ether oxygens (including phenoxy) is 6. The van der Waals surface area contributed by atoms with E-state index >= 15 is 0 Å². The molecule has 0 aromatic carbocycles. The lowest BCUT2D eigenvalue weighted by atomic mass is 9.96. The first-order valence-electron chi connectivity index (χ1n) is 43.1. The van der Waals surface area contributed by atoms with Gasteiger partial charge in [-0.25, -0.2) is 0 Å². The van der Waals surface area contributed by atoms with Crippen LogP contribution in [0.15, 0.2) is 109 Å². The van der Waals surface area contributed by atoms with Crippen LogP contribution < -0.4 is 5.32 Å². The number of allylic oxidation sites excluding steroid dienone is 17. The molecule has 0 spiro atoms. The summed E-state index contributed by atoms with van der Waals surface area (Å²) in [6.07, 6.45) is 67.9. The van der Waals surface area contributed by atoms with Crippen molar-refractivity contribution in [1.29, 1.82) is 0 Å². The van der Waals surface area contributed by atoms with Crippen LogP contribution in [0.5, 0.6) is 0 Å². The molecular weight excluding hydrogens is 1370 g/mol. The number of carbonyl (C=O) groups is 1. The molecule has 0 aliphatic carbocycles. The van der Waals surface area contributed by atoms with Crippen LogP contribution in [0.2, 0.25) is 0 Å². The third-order valence-corrected chi connectivity index (χ3v) is 20.8. The van der Waals surface area contributed by atoms with Gasteiger partial charge in [-0.3, -0.25) is 4.79 Å². The van der Waals surface area contributed by atoms with Gasteiger partial charge in [-0.05, 0) is 83.5 Å². The van der Waals surface area contributed by atoms with Gasteiger partial charge in [0.15, 0.2) is 18.9 Å². The predicted octanol–water partition coefficient (Wildman–Crippen LogP) is 15.7. The van der Waals surface area contributed by atoms with E-state index in [0.29, 0.717) is 6.42 Å². The number of amides is 1. The maximum absolute atomic E-state index is 13.5. The van der Waals surface area contributed by atoms with Crippen molar-refractivity contribution in [2.24, 2.45) is 0 Å². The van der Waals surface area contributed by atoms with Gasteiger partial charge in [0.2, 0.25) is 5.91 Å². The Hall–Kier alpha value is -3.55. The van der Waals surface area contributed by atoms with E-state index in [9.17, 15) is 61.0 Å². The van der Waals surface area contributed by atoms with E-state index in [0.717, 1.165) is 116 Å². The van der Waals surface area contributed by atoms with Crippen LogP contribution in [0.1, 0.15) is 316 Å². The monoisotopic (exact) mass is 1530 g/mol. The van der Waals surface area contributed by atoms with E-state index in [2.05, 4.69) is 116 Å². The number of hydrogen-bond acceptors (Lipinski definition) is 18. The van der Waals surface area contributed by atoms with Crippen LogP contribution >= 0.6 is 0 Å². The van der Waals surface area contributed by atoms with Crippen LogP contribution in [-0.4, -0.2) is 193 Å². The molecule has 624 valence electrons. The molecular formula is C89H155NO18. The van der Waals surface area contributed by atoms with E-state index in [1.165, 1.54) is 173 Å². The van der Waals surface area contributed by atoms with Gasteiger partial charge in [0, 0.05) is 6.42 Å². The first-order chi connectivity index (χ1) is 52.8. The summed E-state index contributed by atoms with van der Waals surface area (Å²) in [6, 6.07) is -0.988. The van der Waals surface area contributed by atoms with E-state index in [-0.39, 0.29) is 18.9 Å². The number of hydrogen-bond donors (Lipinski definition) is 12. The smallest absolute Gasteiger partial charge is 0.220 e. The van der Waals surface area contributed by atoms with Crippen LogP contribution in [-0.2, 0) is 33.2 Å². The number of unbranched alkanes of at least 4 members (excludes halogenated alkanes) is 36. The van der Waals surface area contributed by atoms with Crippen molar-refractivity contribution in [2.75, 3.05) is 26.4 Å². The molecule has 0 aromatic rings. The lowest BCUT2D eigenvalue weighted by molar-refractivity contribution is -0.379. The Morgan fingerprint density at radius 1 is 0.343 bits per heavy atom. The first-order valence-corrected chi connectivity index (χ1v) is 43.1. The fourth-order valence-electron chi connectivity index (χ4n) is 14.0. The van der Waals surface area contributed by atoms with Crippen molar-refractivity contribution >= 4 is 5.91 Å². The van der Waals surface area contributed by atoms with Gasteiger partial charge >= 0.3 is 0 Å². The summed E-state index contributed by atoms with van der Waals surface area (Å²) in [5.41, 5.74) is 0. The van der Waals surface area contributed by atoms with E-state index in [4.69, 9.17) is 28.4 Å². The van der Waals surface area contributed by atoms with E-state index < -0.39 is 124 Å². The van der Waals surface area contributed by atoms with E-state index in [1.54, 1.807) is 6.08 Å². The molecule has 3 saturated heterocycles. The lowest BCUT2D eigenvalue weighted by Crippen LogP contribution is -2.66. The highest BCUT2D eigenvalue weighted by molar-refractivity contribution is 5.76. The van der Waals surface area contributed by atoms with Crippen molar-refractivity contribution in [1.82, 2.24) is 5.32 Å². The molecule has 108 heavy (non-hydrogen) atoms. The Balaban J connectivity index is 1.36. The Bertz CT molecular complexity index is 2380. The second kappa shape index (κ2) is 67.9. The quantitative estimate of drug-likeness (QED) is 0.0199. The Morgan fingerprint density at radius 3 is 1.00 bits per heavy atom. The number of aliphatic hydroxyl groups excluding tert-OH is 11. The summed E-state index contributed by atoms with van der Waals surface area (Å²) in [4.78, 5) is 13.5. The maximum atomic E-state index is 13.5. The zero-order valence-electron chi connectivity index (χ0n) is 67.0. The van der Waals surface area contributed by atoms with Gasteiger partial charge in [-0.15, -0.1) is 0 Å². The largest absolute Gasteiger partial charge is 0.394 e. The third-order valence-electron chi connectivity index (χ3n) is 20.8. The summed E-state index contributed by atoms with van der Waals surface area (Å²) >= 11 is 0. The Labute approximate surface area is 653 Å². The van der Waals surface area contributed by atoms with Crippen LogP contribution in [0.3, 0.4) is 0 Å². The summed E-state index contributed by atoms with van der Waals surface area (Å²) in [5, 5.41) is 121. The number of carbonyl (C=O) groups excluding carboxylic acids is 1. The molecule has 3 fully saturated rings. The zero-order valence-corrected chi connectivity index (χ0v) is 67.0. The molecule has 3 heterocycles. The molecule has 3 aliphatic rings. The summed E-state index contributed by atoms with van der Waals surface area (Å²) in [6.45, 7) is 1.65. The Morgan fingerprint density at radius 2 is 0.639 bits per heavy atom. The summed E-state index contributed by atoms with van der Waals surface area (Å²) in [5.74, 6) is -0.285. The fraction of sp³-hybridized carbons (Fsp3) is 0.787. The van der Waals surface area contributed by atoms with Crippen molar-refractivity contribution in [2.45, 2.75) is 420 Å². The summed E-state index contributed by atoms with van der Waals surface area (Å²) in [7, 11) is 0. The fourth-order valence-corrected chi connectivity index (χ4v) is 14.0. The molecule has 19 heteroatoms. The highest BCUT2D eigenvalue weighted by Crippen LogP contribution is 2.33. The van der Waals surface area contributed by atoms with Crippen LogP contribution in [0.4, 0.5) is 0 Å². The van der Waals surface area contributed by atoms with Crippen LogP contribution in [0, 0.1) is 0 Å². The second-order valence-corrected chi connectivity index (χ2v) is 30.3. The van der Waals surface area contributed by atoms with Gasteiger partial charge < -0.3 is 89.9 Å². The van der Waals surface area contributed by atoms with Crippen LogP contribution in [0.25, 0.3) is 0 Å². The highest BCUT2D eigenvalue weighted by atomic mass is 16.8. The first kappa shape index (κ1) is 98.6. The number of nitrogens with one attached hydrogen (secondary N) is 1. The molecule has 3 aliphatic heterocycles. The van der Waals surface area contributed by atoms with Crippen molar-refractivity contribution in [3.8, 4) is 0 Å². The maximum Gasteiger partial charge on any atom is 0.220 e. The molecule has 17 atom stereocenters. The number of aliphatic hydroxyl groups is 11. The van der Waals surface area contributed by atoms with Crippen molar-refractivity contribution < 1.29 is 89.4 Å². The van der Waals surface area contributed by atoms with E-state index in [1.807, 2.05) is 6.08 Å². The molecule has 0 radical (unpaired) electrons. The minimum atomic E-state index is -1.99. The molecule has 0 saturated carbocycles. The lowest BCUT2D eigenvalue weighted by Gasteiger charge is -2.48. The minimum Gasteiger partial charge on any atom is -0.394 e. The molecule has 17 unspecified atom stereocenters. The van der Waals surface area contributed by atoms with Gasteiger partial charge in [-0.2, -0.15) is 0 Å². The summed E-state index contributed by atoms with van der Waals surface area (Å²) < 4.78 is 34.5. The van der Waals surface area contributed by atoms with Gasteiger partial charge in [0.05, 0.1) is 38.6 Å². The third kappa shape index (κ3) is 46.6. The number of rotatable bonds is 68. The molecule has 12 N–H and O–H groups in total. The van der Waals surface area contributed by atoms with Crippen molar-refractivity contribution in [3.63, 3.8) is 0 Å². The Kier molecular flexibility index (Phi) is 62.0. The second-order valence-electron chi connectivity index (χ2n) is 30.3.